The van der Waals surface area contributed by atoms with E-state index in [1.54, 1.807) is 11.0 Å². The number of ether oxygens (including phenoxy) is 1. The van der Waals surface area contributed by atoms with Gasteiger partial charge in [0.1, 0.15) is 11.4 Å². The number of hydrogen-bond acceptors (Lipinski definition) is 4. The van der Waals surface area contributed by atoms with E-state index in [9.17, 15) is 14.0 Å². The molecule has 34 heavy (non-hydrogen) atoms. The molecular weight excluding hydrogens is 501 g/mol. The van der Waals surface area contributed by atoms with Crippen molar-refractivity contribution in [3.05, 3.63) is 58.6 Å². The lowest BCUT2D eigenvalue weighted by molar-refractivity contribution is -0.120. The molecule has 0 aliphatic heterocycles. The van der Waals surface area contributed by atoms with E-state index < -0.39 is 17.5 Å². The van der Waals surface area contributed by atoms with Crippen LogP contribution in [-0.4, -0.2) is 35.2 Å². The summed E-state index contributed by atoms with van der Waals surface area (Å²) < 4.78 is 19.7. The van der Waals surface area contributed by atoms with Gasteiger partial charge < -0.3 is 15.0 Å². The highest BCUT2D eigenvalue weighted by molar-refractivity contribution is 9.10. The van der Waals surface area contributed by atoms with E-state index in [2.05, 4.69) is 40.1 Å². The molecule has 1 aromatic heterocycles. The maximum Gasteiger partial charge on any atom is 0.407 e. The minimum Gasteiger partial charge on any atom is -0.444 e. The average molecular weight is 534 g/mol. The molecule has 6 nitrogen and oxygen atoms in total. The summed E-state index contributed by atoms with van der Waals surface area (Å²) in [7, 11) is 0. The van der Waals surface area contributed by atoms with Crippen molar-refractivity contribution in [2.75, 3.05) is 11.4 Å². The zero-order chi connectivity index (χ0) is 25.0. The van der Waals surface area contributed by atoms with Crippen molar-refractivity contribution in [2.45, 2.75) is 65.0 Å². The standard InChI is InChI=1S/C26H33BrFN3O3/c1-6-16(2)23(30-25(33)34-26(3,4)5)15-31(19-10-7-17(27)8-11-19)24(32)21-13-20(21)22-12-9-18(28)14-29-22/h7-12,14,16,20-21,23H,6,13,15H2,1-5H3,(H,30,33)/t16-,20+,21+,23?/m0/s1. The number of carbonyl (C=O) groups excluding carboxylic acids is 2. The molecule has 1 unspecified atom stereocenters. The quantitative estimate of drug-likeness (QED) is 0.447. The van der Waals surface area contributed by atoms with E-state index in [1.807, 2.05) is 45.0 Å². The summed E-state index contributed by atoms with van der Waals surface area (Å²) in [6, 6.07) is 10.3. The van der Waals surface area contributed by atoms with Crippen LogP contribution in [0.3, 0.4) is 0 Å². The number of benzene rings is 1. The van der Waals surface area contributed by atoms with Gasteiger partial charge in [-0.05, 0) is 69.5 Å². The van der Waals surface area contributed by atoms with Crippen molar-refractivity contribution in [3.63, 3.8) is 0 Å². The summed E-state index contributed by atoms with van der Waals surface area (Å²) in [6.07, 6.45) is 2.18. The molecule has 3 rings (SSSR count). The predicted octanol–water partition coefficient (Wildman–Crippen LogP) is 6.06. The number of carbonyl (C=O) groups is 2. The van der Waals surface area contributed by atoms with Gasteiger partial charge in [0.15, 0.2) is 0 Å². The number of rotatable bonds is 8. The fourth-order valence-corrected chi connectivity index (χ4v) is 4.12. The van der Waals surface area contributed by atoms with Gasteiger partial charge in [-0.15, -0.1) is 0 Å². The Labute approximate surface area is 209 Å². The number of anilines is 1. The van der Waals surface area contributed by atoms with E-state index in [1.165, 1.54) is 12.3 Å². The van der Waals surface area contributed by atoms with Gasteiger partial charge in [-0.3, -0.25) is 9.78 Å². The molecule has 0 saturated heterocycles. The van der Waals surface area contributed by atoms with E-state index in [0.29, 0.717) is 13.0 Å². The lowest BCUT2D eigenvalue weighted by atomic mass is 9.98. The monoisotopic (exact) mass is 533 g/mol. The third kappa shape index (κ3) is 7.01. The molecule has 1 fully saturated rings. The van der Waals surface area contributed by atoms with Crippen LogP contribution in [0, 0.1) is 17.7 Å². The zero-order valence-corrected chi connectivity index (χ0v) is 21.9. The number of halogens is 2. The van der Waals surface area contributed by atoms with Gasteiger partial charge in [0.25, 0.3) is 0 Å². The van der Waals surface area contributed by atoms with Gasteiger partial charge in [-0.25, -0.2) is 9.18 Å². The third-order valence-corrected chi connectivity index (χ3v) is 6.58. The van der Waals surface area contributed by atoms with Gasteiger partial charge in [0, 0.05) is 34.2 Å². The van der Waals surface area contributed by atoms with E-state index in [4.69, 9.17) is 4.74 Å². The number of alkyl carbamates (subject to hydrolysis) is 1. The molecule has 8 heteroatoms. The maximum absolute atomic E-state index is 13.7. The van der Waals surface area contributed by atoms with Crippen molar-refractivity contribution in [3.8, 4) is 0 Å². The van der Waals surface area contributed by atoms with Crippen LogP contribution < -0.4 is 10.2 Å². The molecule has 1 saturated carbocycles. The van der Waals surface area contributed by atoms with Crippen LogP contribution in [0.5, 0.6) is 0 Å². The van der Waals surface area contributed by atoms with Crippen LogP contribution in [0.25, 0.3) is 0 Å². The number of amides is 2. The fraction of sp³-hybridized carbons (Fsp3) is 0.500. The average Bonchev–Trinajstić information content (AvgIpc) is 3.56. The molecule has 1 heterocycles. The van der Waals surface area contributed by atoms with Crippen molar-refractivity contribution in [1.82, 2.24) is 10.3 Å². The first-order chi connectivity index (χ1) is 16.0. The maximum atomic E-state index is 13.7. The molecule has 2 aromatic rings. The Hall–Kier alpha value is -2.48. The van der Waals surface area contributed by atoms with Crippen molar-refractivity contribution in [1.29, 1.82) is 0 Å². The third-order valence-electron chi connectivity index (χ3n) is 6.05. The summed E-state index contributed by atoms with van der Waals surface area (Å²) in [4.78, 5) is 32.1. The summed E-state index contributed by atoms with van der Waals surface area (Å²) in [5.74, 6) is -0.578. The first-order valence-electron chi connectivity index (χ1n) is 11.7. The summed E-state index contributed by atoms with van der Waals surface area (Å²) >= 11 is 3.45. The highest BCUT2D eigenvalue weighted by Crippen LogP contribution is 2.48. The second-order valence-electron chi connectivity index (χ2n) is 9.91. The van der Waals surface area contributed by atoms with Crippen molar-refractivity contribution in [2.24, 2.45) is 11.8 Å². The first-order valence-corrected chi connectivity index (χ1v) is 12.5. The second-order valence-corrected chi connectivity index (χ2v) is 10.8. The van der Waals surface area contributed by atoms with Crippen LogP contribution in [0.4, 0.5) is 14.9 Å². The Morgan fingerprint density at radius 2 is 1.91 bits per heavy atom. The smallest absolute Gasteiger partial charge is 0.407 e. The van der Waals surface area contributed by atoms with Crippen LogP contribution in [0.1, 0.15) is 59.1 Å². The minimum atomic E-state index is -0.616. The molecule has 0 spiro atoms. The topological polar surface area (TPSA) is 71.5 Å². The Balaban J connectivity index is 1.83. The molecule has 184 valence electrons. The molecule has 4 atom stereocenters. The molecule has 0 radical (unpaired) electrons. The van der Waals surface area contributed by atoms with Gasteiger partial charge in [-0.1, -0.05) is 36.2 Å². The molecule has 1 N–H and O–H groups in total. The Kier molecular flexibility index (Phi) is 8.34. The molecule has 1 aliphatic carbocycles. The Bertz CT molecular complexity index is 992. The number of hydrogen-bond donors (Lipinski definition) is 1. The van der Waals surface area contributed by atoms with E-state index in [-0.39, 0.29) is 29.7 Å². The zero-order valence-electron chi connectivity index (χ0n) is 20.3. The number of aromatic nitrogens is 1. The first kappa shape index (κ1) is 26.1. The highest BCUT2D eigenvalue weighted by Gasteiger charge is 2.47. The predicted molar refractivity (Wildman–Crippen MR) is 134 cm³/mol. The number of pyridine rings is 1. The fourth-order valence-electron chi connectivity index (χ4n) is 3.85. The minimum absolute atomic E-state index is 0.0299. The van der Waals surface area contributed by atoms with Crippen LogP contribution in [0.2, 0.25) is 0 Å². The van der Waals surface area contributed by atoms with Crippen molar-refractivity contribution >= 4 is 33.6 Å². The van der Waals surface area contributed by atoms with E-state index >= 15 is 0 Å². The molecule has 1 aromatic carbocycles. The van der Waals surface area contributed by atoms with Crippen molar-refractivity contribution < 1.29 is 18.7 Å². The Morgan fingerprint density at radius 1 is 1.24 bits per heavy atom. The lowest BCUT2D eigenvalue weighted by Crippen LogP contribution is -2.50. The van der Waals surface area contributed by atoms with Crippen LogP contribution in [0.15, 0.2) is 47.1 Å². The largest absolute Gasteiger partial charge is 0.444 e. The van der Waals surface area contributed by atoms with Crippen LogP contribution >= 0.6 is 15.9 Å². The SMILES string of the molecule is CC[C@H](C)C(CN(C(=O)[C@@H]1C[C@H]1c1ccc(F)cn1)c1ccc(Br)cc1)NC(=O)OC(C)(C)C. The molecular formula is C26H33BrFN3O3. The van der Waals surface area contributed by atoms with Gasteiger partial charge in [0.05, 0.1) is 12.2 Å². The number of nitrogens with one attached hydrogen (secondary N) is 1. The van der Waals surface area contributed by atoms with Gasteiger partial charge >= 0.3 is 6.09 Å². The molecule has 2 amide bonds. The number of nitrogens with zero attached hydrogens (tertiary/aromatic N) is 2. The Morgan fingerprint density at radius 3 is 2.47 bits per heavy atom. The normalized spacial score (nSPS) is 19.1. The second kappa shape index (κ2) is 10.8. The summed E-state index contributed by atoms with van der Waals surface area (Å²) in [5.41, 5.74) is 0.861. The lowest BCUT2D eigenvalue weighted by Gasteiger charge is -2.32. The summed E-state index contributed by atoms with van der Waals surface area (Å²) in [5, 5.41) is 2.98. The highest BCUT2D eigenvalue weighted by atomic mass is 79.9. The van der Waals surface area contributed by atoms with Gasteiger partial charge in [-0.2, -0.15) is 0 Å². The van der Waals surface area contributed by atoms with Crippen LogP contribution in [-0.2, 0) is 9.53 Å². The van der Waals surface area contributed by atoms with E-state index in [0.717, 1.165) is 22.3 Å². The van der Waals surface area contributed by atoms with Gasteiger partial charge in [0.2, 0.25) is 5.91 Å². The molecule has 1 aliphatic rings. The molecule has 0 bridgehead atoms. The summed E-state index contributed by atoms with van der Waals surface area (Å²) in [6.45, 7) is 9.87.